The van der Waals surface area contributed by atoms with Crippen molar-refractivity contribution in [2.45, 2.75) is 19.8 Å². The highest BCUT2D eigenvalue weighted by atomic mass is 35.5. The summed E-state index contributed by atoms with van der Waals surface area (Å²) in [6, 6.07) is 3.03. The summed E-state index contributed by atoms with van der Waals surface area (Å²) in [6.07, 6.45) is 2.37. The third-order valence-corrected chi connectivity index (χ3v) is 4.49. The Kier molecular flexibility index (Phi) is 5.06. The number of hydrogen-bond donors (Lipinski definition) is 0. The van der Waals surface area contributed by atoms with Crippen LogP contribution in [-0.2, 0) is 0 Å². The molecule has 1 fully saturated rings. The van der Waals surface area contributed by atoms with Crippen molar-refractivity contribution in [1.29, 1.82) is 0 Å². The maximum atomic E-state index is 10.9. The van der Waals surface area contributed by atoms with E-state index in [9.17, 15) is 10.1 Å². The van der Waals surface area contributed by atoms with Gasteiger partial charge in [-0.3, -0.25) is 10.1 Å². The first kappa shape index (κ1) is 16.0. The van der Waals surface area contributed by atoms with Crippen molar-refractivity contribution in [3.8, 4) is 0 Å². The predicted octanol–water partition coefficient (Wildman–Crippen LogP) is 3.33. The Morgan fingerprint density at radius 1 is 1.43 bits per heavy atom. The Hall–Kier alpha value is -1.33. The van der Waals surface area contributed by atoms with Crippen LogP contribution < -0.4 is 4.90 Å². The normalized spacial score (nSPS) is 17.0. The van der Waals surface area contributed by atoms with E-state index in [1.165, 1.54) is 18.9 Å². The minimum Gasteiger partial charge on any atom is -0.373 e. The van der Waals surface area contributed by atoms with Crippen LogP contribution in [0, 0.1) is 23.0 Å². The molecule has 0 saturated carbocycles. The Morgan fingerprint density at radius 3 is 2.57 bits per heavy atom. The van der Waals surface area contributed by atoms with Gasteiger partial charge in [-0.1, -0.05) is 11.6 Å². The number of aryl methyl sites for hydroxylation is 1. The molecule has 1 aromatic rings. The topological polar surface area (TPSA) is 49.6 Å². The zero-order valence-corrected chi connectivity index (χ0v) is 13.6. The second kappa shape index (κ2) is 6.62. The van der Waals surface area contributed by atoms with Crippen molar-refractivity contribution in [2.75, 3.05) is 38.6 Å². The number of piperidine rings is 1. The van der Waals surface area contributed by atoms with Gasteiger partial charge in [0.05, 0.1) is 15.6 Å². The summed E-state index contributed by atoms with van der Waals surface area (Å²) in [6.45, 7) is 5.07. The van der Waals surface area contributed by atoms with Crippen LogP contribution in [0.3, 0.4) is 0 Å². The zero-order valence-electron chi connectivity index (χ0n) is 12.8. The smallest absolute Gasteiger partial charge is 0.271 e. The van der Waals surface area contributed by atoms with Gasteiger partial charge in [0.1, 0.15) is 0 Å². The number of likely N-dealkylation sites (tertiary alicyclic amines) is 1. The van der Waals surface area contributed by atoms with Crippen LogP contribution >= 0.6 is 11.6 Å². The summed E-state index contributed by atoms with van der Waals surface area (Å²) in [5.41, 5.74) is 1.81. The molecule has 0 unspecified atom stereocenters. The fourth-order valence-corrected chi connectivity index (χ4v) is 3.44. The lowest BCUT2D eigenvalue weighted by atomic mass is 9.96. The second-order valence-corrected chi connectivity index (χ2v) is 6.38. The Morgan fingerprint density at radius 2 is 2.05 bits per heavy atom. The van der Waals surface area contributed by atoms with Crippen LogP contribution in [0.25, 0.3) is 0 Å². The van der Waals surface area contributed by atoms with Crippen molar-refractivity contribution in [3.05, 3.63) is 32.8 Å². The average Bonchev–Trinajstić information content (AvgIpc) is 2.40. The van der Waals surface area contributed by atoms with Crippen molar-refractivity contribution >= 4 is 23.0 Å². The third kappa shape index (κ3) is 3.86. The van der Waals surface area contributed by atoms with Gasteiger partial charge in [-0.15, -0.1) is 0 Å². The lowest BCUT2D eigenvalue weighted by molar-refractivity contribution is -0.384. The number of halogens is 1. The van der Waals surface area contributed by atoms with E-state index in [-0.39, 0.29) is 5.69 Å². The van der Waals surface area contributed by atoms with Gasteiger partial charge in [0.15, 0.2) is 0 Å². The number of rotatable bonds is 4. The van der Waals surface area contributed by atoms with E-state index in [2.05, 4.69) is 16.8 Å². The van der Waals surface area contributed by atoms with E-state index < -0.39 is 4.92 Å². The molecule has 0 amide bonds. The summed E-state index contributed by atoms with van der Waals surface area (Å²) in [5.74, 6) is 0.650. The van der Waals surface area contributed by atoms with Gasteiger partial charge in [0.2, 0.25) is 0 Å². The Bertz CT molecular complexity index is 505. The molecule has 21 heavy (non-hydrogen) atoms. The molecule has 1 saturated heterocycles. The van der Waals surface area contributed by atoms with Gasteiger partial charge in [0, 0.05) is 25.7 Å². The molecular formula is C15H22ClN3O2. The molecule has 0 N–H and O–H groups in total. The van der Waals surface area contributed by atoms with Crippen molar-refractivity contribution in [3.63, 3.8) is 0 Å². The first-order valence-electron chi connectivity index (χ1n) is 7.22. The van der Waals surface area contributed by atoms with Crippen LogP contribution in [0.2, 0.25) is 5.02 Å². The lowest BCUT2D eigenvalue weighted by Crippen LogP contribution is -2.36. The maximum absolute atomic E-state index is 10.9. The first-order valence-corrected chi connectivity index (χ1v) is 7.60. The van der Waals surface area contributed by atoms with Crippen molar-refractivity contribution in [1.82, 2.24) is 4.90 Å². The molecule has 1 heterocycles. The summed E-state index contributed by atoms with van der Waals surface area (Å²) in [7, 11) is 4.16. The Balaban J connectivity index is 2.12. The Labute approximate surface area is 130 Å². The molecule has 0 radical (unpaired) electrons. The number of anilines is 1. The second-order valence-electron chi connectivity index (χ2n) is 5.98. The number of non-ortho nitro benzene ring substituents is 1. The number of hydrogen-bond acceptors (Lipinski definition) is 4. The van der Waals surface area contributed by atoms with E-state index in [1.807, 2.05) is 14.0 Å². The van der Waals surface area contributed by atoms with E-state index in [4.69, 9.17) is 11.6 Å². The molecule has 116 valence electrons. The molecule has 2 rings (SSSR count). The highest BCUT2D eigenvalue weighted by molar-refractivity contribution is 6.33. The van der Waals surface area contributed by atoms with Crippen molar-refractivity contribution < 1.29 is 4.92 Å². The van der Waals surface area contributed by atoms with Gasteiger partial charge in [-0.05, 0) is 51.4 Å². The largest absolute Gasteiger partial charge is 0.373 e. The van der Waals surface area contributed by atoms with Crippen LogP contribution in [0.1, 0.15) is 18.4 Å². The van der Waals surface area contributed by atoms with E-state index >= 15 is 0 Å². The molecule has 1 aliphatic heterocycles. The molecule has 0 spiro atoms. The van der Waals surface area contributed by atoms with Crippen LogP contribution in [0.5, 0.6) is 0 Å². The predicted molar refractivity (Wildman–Crippen MR) is 86.3 cm³/mol. The van der Waals surface area contributed by atoms with E-state index in [1.54, 1.807) is 6.07 Å². The van der Waals surface area contributed by atoms with E-state index in [0.29, 0.717) is 10.9 Å². The highest BCUT2D eigenvalue weighted by Crippen LogP contribution is 2.34. The molecule has 0 atom stereocenters. The molecule has 0 bridgehead atoms. The molecule has 6 heteroatoms. The number of benzene rings is 1. The summed E-state index contributed by atoms with van der Waals surface area (Å²) in [5, 5.41) is 11.3. The van der Waals surface area contributed by atoms with Crippen LogP contribution in [-0.4, -0.2) is 43.6 Å². The van der Waals surface area contributed by atoms with Gasteiger partial charge in [-0.25, -0.2) is 0 Å². The summed E-state index contributed by atoms with van der Waals surface area (Å²) < 4.78 is 0. The van der Waals surface area contributed by atoms with Crippen molar-refractivity contribution in [2.24, 2.45) is 5.92 Å². The minimum atomic E-state index is -0.403. The molecule has 1 aromatic carbocycles. The first-order chi connectivity index (χ1) is 9.88. The lowest BCUT2D eigenvalue weighted by Gasteiger charge is -2.33. The fraction of sp³-hybridized carbons (Fsp3) is 0.600. The SMILES string of the molecule is Cc1cc([N+](=O)[O-])cc(Cl)c1N(C)CC1CCN(C)CC1. The van der Waals surface area contributed by atoms with Crippen LogP contribution in [0.15, 0.2) is 12.1 Å². The monoisotopic (exact) mass is 311 g/mol. The molecule has 1 aliphatic rings. The third-order valence-electron chi connectivity index (χ3n) is 4.20. The molecule has 0 aliphatic carbocycles. The highest BCUT2D eigenvalue weighted by Gasteiger charge is 2.21. The van der Waals surface area contributed by atoms with Gasteiger partial charge in [0.25, 0.3) is 5.69 Å². The standard InChI is InChI=1S/C15H22ClN3O2/c1-11-8-13(19(20)21)9-14(16)15(11)18(3)10-12-4-6-17(2)7-5-12/h8-9,12H,4-7,10H2,1-3H3. The van der Waals surface area contributed by atoms with Crippen LogP contribution in [0.4, 0.5) is 11.4 Å². The maximum Gasteiger partial charge on any atom is 0.271 e. The number of nitro groups is 1. The fourth-order valence-electron chi connectivity index (χ4n) is 3.03. The molecule has 5 nitrogen and oxygen atoms in total. The quantitative estimate of drug-likeness (QED) is 0.632. The average molecular weight is 312 g/mol. The minimum absolute atomic E-state index is 0.0499. The van der Waals surface area contributed by atoms with E-state index in [0.717, 1.165) is 30.9 Å². The number of nitrogens with zero attached hydrogens (tertiary/aromatic N) is 3. The molecule has 0 aromatic heterocycles. The van der Waals surface area contributed by atoms with Gasteiger partial charge in [-0.2, -0.15) is 0 Å². The van der Waals surface area contributed by atoms with Gasteiger partial charge >= 0.3 is 0 Å². The summed E-state index contributed by atoms with van der Waals surface area (Å²) in [4.78, 5) is 14.9. The molecular weight excluding hydrogens is 290 g/mol. The zero-order chi connectivity index (χ0) is 15.6. The van der Waals surface area contributed by atoms with Gasteiger partial charge < -0.3 is 9.80 Å². The summed E-state index contributed by atoms with van der Waals surface area (Å²) >= 11 is 6.26. The number of nitro benzene ring substituents is 1.